The molecule has 1 aliphatic carbocycles. The number of nitrogens with zero attached hydrogens (tertiary/aromatic N) is 1. The van der Waals surface area contributed by atoms with Crippen LogP contribution in [0.4, 0.5) is 0 Å². The van der Waals surface area contributed by atoms with Crippen molar-refractivity contribution in [2.75, 3.05) is 0 Å². The van der Waals surface area contributed by atoms with Gasteiger partial charge in [-0.3, -0.25) is 0 Å². The maximum atomic E-state index is 4.27. The highest BCUT2D eigenvalue weighted by Gasteiger charge is 2.21. The molecule has 0 aliphatic heterocycles. The fourth-order valence-electron chi connectivity index (χ4n) is 2.37. The van der Waals surface area contributed by atoms with Crippen LogP contribution in [0.1, 0.15) is 43.2 Å². The lowest BCUT2D eigenvalue weighted by molar-refractivity contribution is 0.381. The molecule has 0 bridgehead atoms. The van der Waals surface area contributed by atoms with Crippen LogP contribution in [-0.4, -0.2) is 11.0 Å². The highest BCUT2D eigenvalue weighted by atomic mass is 32.1. The van der Waals surface area contributed by atoms with Gasteiger partial charge >= 0.3 is 0 Å². The third-order valence-corrected chi connectivity index (χ3v) is 4.47. The van der Waals surface area contributed by atoms with Crippen molar-refractivity contribution in [1.29, 1.82) is 0 Å². The molecule has 1 aliphatic rings. The minimum absolute atomic E-state index is 0.661. The third kappa shape index (κ3) is 2.79. The van der Waals surface area contributed by atoms with E-state index >= 15 is 0 Å². The molecule has 0 spiro atoms. The number of hydrogen-bond acceptors (Lipinski definition) is 3. The molecule has 1 N–H and O–H groups in total. The van der Waals surface area contributed by atoms with Crippen LogP contribution in [0.15, 0.2) is 5.51 Å². The molecule has 2 nitrogen and oxygen atoms in total. The first-order chi connectivity index (χ1) is 7.27. The number of aromatic nitrogens is 1. The highest BCUT2D eigenvalue weighted by molar-refractivity contribution is 7.09. The van der Waals surface area contributed by atoms with Gasteiger partial charge < -0.3 is 5.32 Å². The second-order valence-electron chi connectivity index (χ2n) is 4.58. The van der Waals surface area contributed by atoms with Gasteiger partial charge in [-0.15, -0.1) is 11.3 Å². The zero-order valence-electron chi connectivity index (χ0n) is 9.62. The van der Waals surface area contributed by atoms with Gasteiger partial charge in [0, 0.05) is 17.5 Å². The van der Waals surface area contributed by atoms with Gasteiger partial charge in [0.15, 0.2) is 0 Å². The van der Waals surface area contributed by atoms with Crippen molar-refractivity contribution in [3.63, 3.8) is 0 Å². The minimum Gasteiger partial charge on any atom is -0.309 e. The van der Waals surface area contributed by atoms with Crippen LogP contribution < -0.4 is 5.32 Å². The summed E-state index contributed by atoms with van der Waals surface area (Å²) >= 11 is 1.76. The predicted molar refractivity (Wildman–Crippen MR) is 65.1 cm³/mol. The second kappa shape index (κ2) is 5.08. The van der Waals surface area contributed by atoms with Gasteiger partial charge in [-0.05, 0) is 32.6 Å². The molecule has 1 saturated carbocycles. The largest absolute Gasteiger partial charge is 0.309 e. The lowest BCUT2D eigenvalue weighted by Crippen LogP contribution is -2.31. The van der Waals surface area contributed by atoms with Gasteiger partial charge in [-0.2, -0.15) is 0 Å². The quantitative estimate of drug-likeness (QED) is 0.850. The molecule has 2 rings (SSSR count). The SMILES string of the molecule is Cc1ncsc1CNC(C)C1CCCC1. The van der Waals surface area contributed by atoms with Crippen LogP contribution in [-0.2, 0) is 6.54 Å². The molecule has 1 heterocycles. The fraction of sp³-hybridized carbons (Fsp3) is 0.750. The van der Waals surface area contributed by atoms with Crippen molar-refractivity contribution in [1.82, 2.24) is 10.3 Å². The number of nitrogens with one attached hydrogen (secondary N) is 1. The van der Waals surface area contributed by atoms with Crippen LogP contribution in [0, 0.1) is 12.8 Å². The Morgan fingerprint density at radius 1 is 1.53 bits per heavy atom. The molecule has 0 radical (unpaired) electrons. The van der Waals surface area contributed by atoms with E-state index in [-0.39, 0.29) is 0 Å². The Bertz CT molecular complexity index is 302. The standard InChI is InChI=1S/C12H20N2S/c1-9(11-5-3-4-6-11)13-7-12-10(2)14-8-15-12/h8-9,11,13H,3-7H2,1-2H3. The Kier molecular flexibility index (Phi) is 3.76. The molecular formula is C12H20N2S. The molecule has 1 unspecified atom stereocenters. The highest BCUT2D eigenvalue weighted by Crippen LogP contribution is 2.27. The Balaban J connectivity index is 1.80. The van der Waals surface area contributed by atoms with Crippen molar-refractivity contribution in [2.45, 2.75) is 52.1 Å². The van der Waals surface area contributed by atoms with E-state index in [1.807, 2.05) is 5.51 Å². The van der Waals surface area contributed by atoms with Gasteiger partial charge in [0.2, 0.25) is 0 Å². The molecular weight excluding hydrogens is 204 g/mol. The summed E-state index contributed by atoms with van der Waals surface area (Å²) in [4.78, 5) is 5.66. The van der Waals surface area contributed by atoms with E-state index < -0.39 is 0 Å². The van der Waals surface area contributed by atoms with Crippen molar-refractivity contribution in [2.24, 2.45) is 5.92 Å². The molecule has 0 aromatic carbocycles. The average molecular weight is 224 g/mol. The van der Waals surface area contributed by atoms with E-state index in [4.69, 9.17) is 0 Å². The van der Waals surface area contributed by atoms with Crippen LogP contribution in [0.3, 0.4) is 0 Å². The summed E-state index contributed by atoms with van der Waals surface area (Å²) in [6.45, 7) is 5.41. The van der Waals surface area contributed by atoms with Crippen LogP contribution >= 0.6 is 11.3 Å². The maximum absolute atomic E-state index is 4.27. The van der Waals surface area contributed by atoms with E-state index in [0.29, 0.717) is 6.04 Å². The summed E-state index contributed by atoms with van der Waals surface area (Å²) < 4.78 is 0. The Morgan fingerprint density at radius 2 is 2.27 bits per heavy atom. The molecule has 1 fully saturated rings. The van der Waals surface area contributed by atoms with Crippen LogP contribution in [0.2, 0.25) is 0 Å². The number of rotatable bonds is 4. The van der Waals surface area contributed by atoms with Gasteiger partial charge in [0.05, 0.1) is 11.2 Å². The molecule has 1 aromatic rings. The lowest BCUT2D eigenvalue weighted by Gasteiger charge is -2.20. The zero-order valence-corrected chi connectivity index (χ0v) is 10.4. The van der Waals surface area contributed by atoms with E-state index in [0.717, 1.165) is 12.5 Å². The van der Waals surface area contributed by atoms with E-state index in [1.165, 1.54) is 36.3 Å². The predicted octanol–water partition coefficient (Wildman–Crippen LogP) is 3.12. The summed E-state index contributed by atoms with van der Waals surface area (Å²) in [5.74, 6) is 0.901. The Labute approximate surface area is 96.1 Å². The Hall–Kier alpha value is -0.410. The minimum atomic E-state index is 0.661. The third-order valence-electron chi connectivity index (χ3n) is 3.54. The molecule has 3 heteroatoms. The second-order valence-corrected chi connectivity index (χ2v) is 5.51. The van der Waals surface area contributed by atoms with Gasteiger partial charge in [-0.1, -0.05) is 12.8 Å². The number of thiazole rings is 1. The van der Waals surface area contributed by atoms with Crippen LogP contribution in [0.5, 0.6) is 0 Å². The van der Waals surface area contributed by atoms with Gasteiger partial charge in [-0.25, -0.2) is 4.98 Å². The summed E-state index contributed by atoms with van der Waals surface area (Å²) in [6.07, 6.45) is 5.68. The summed E-state index contributed by atoms with van der Waals surface area (Å²) in [5.41, 5.74) is 3.12. The van der Waals surface area contributed by atoms with Crippen molar-refractivity contribution >= 4 is 11.3 Å². The number of aryl methyl sites for hydroxylation is 1. The molecule has 0 saturated heterocycles. The summed E-state index contributed by atoms with van der Waals surface area (Å²) in [5, 5.41) is 3.64. The molecule has 84 valence electrons. The average Bonchev–Trinajstić information content (AvgIpc) is 2.85. The first kappa shape index (κ1) is 11.1. The lowest BCUT2D eigenvalue weighted by atomic mass is 10.00. The van der Waals surface area contributed by atoms with Crippen molar-refractivity contribution in [3.8, 4) is 0 Å². The molecule has 1 atom stereocenters. The normalized spacial score (nSPS) is 19.6. The first-order valence-electron chi connectivity index (χ1n) is 5.89. The number of hydrogen-bond donors (Lipinski definition) is 1. The fourth-order valence-corrected chi connectivity index (χ4v) is 3.10. The summed E-state index contributed by atoms with van der Waals surface area (Å²) in [7, 11) is 0. The van der Waals surface area contributed by atoms with Crippen molar-refractivity contribution in [3.05, 3.63) is 16.1 Å². The smallest absolute Gasteiger partial charge is 0.0798 e. The van der Waals surface area contributed by atoms with E-state index in [1.54, 1.807) is 11.3 Å². The van der Waals surface area contributed by atoms with Gasteiger partial charge in [0.1, 0.15) is 0 Å². The Morgan fingerprint density at radius 3 is 2.87 bits per heavy atom. The van der Waals surface area contributed by atoms with Crippen LogP contribution in [0.25, 0.3) is 0 Å². The molecule has 1 aromatic heterocycles. The van der Waals surface area contributed by atoms with Gasteiger partial charge in [0.25, 0.3) is 0 Å². The molecule has 15 heavy (non-hydrogen) atoms. The maximum Gasteiger partial charge on any atom is 0.0798 e. The first-order valence-corrected chi connectivity index (χ1v) is 6.77. The topological polar surface area (TPSA) is 24.9 Å². The monoisotopic (exact) mass is 224 g/mol. The van der Waals surface area contributed by atoms with E-state index in [9.17, 15) is 0 Å². The summed E-state index contributed by atoms with van der Waals surface area (Å²) in [6, 6.07) is 0.661. The molecule has 0 amide bonds. The van der Waals surface area contributed by atoms with Crippen molar-refractivity contribution < 1.29 is 0 Å². The zero-order chi connectivity index (χ0) is 10.7. The van der Waals surface area contributed by atoms with E-state index in [2.05, 4.69) is 24.1 Å².